The fourth-order valence-corrected chi connectivity index (χ4v) is 3.25. The minimum atomic E-state index is -1.09. The number of rotatable bonds is 5. The molecule has 6 nitrogen and oxygen atoms in total. The number of carbonyl (C=O) groups is 3. The number of amides is 4. The van der Waals surface area contributed by atoms with Crippen LogP contribution in [0.4, 0.5) is 4.79 Å². The second kappa shape index (κ2) is 6.55. The van der Waals surface area contributed by atoms with Crippen molar-refractivity contribution >= 4 is 28.6 Å². The molecule has 25 heavy (non-hydrogen) atoms. The van der Waals surface area contributed by atoms with E-state index in [1.165, 1.54) is 11.8 Å². The Hall–Kier alpha value is -2.89. The molecule has 130 valence electrons. The van der Waals surface area contributed by atoms with E-state index in [-0.39, 0.29) is 18.4 Å². The molecule has 2 N–H and O–H groups in total. The third kappa shape index (κ3) is 3.07. The Morgan fingerprint density at radius 1 is 1.16 bits per heavy atom. The van der Waals surface area contributed by atoms with Gasteiger partial charge in [0.2, 0.25) is 5.91 Å². The Morgan fingerprint density at radius 2 is 1.88 bits per heavy atom. The first-order valence-corrected chi connectivity index (χ1v) is 8.30. The summed E-state index contributed by atoms with van der Waals surface area (Å²) in [4.78, 5) is 37.4. The lowest BCUT2D eigenvalue weighted by Crippen LogP contribution is -2.41. The number of nitrogens with one attached hydrogen (secondary N) is 2. The molecule has 0 aromatic heterocycles. The number of nitrogens with zero attached hydrogens (tertiary/aromatic N) is 1. The molecule has 0 radical (unpaired) electrons. The lowest BCUT2D eigenvalue weighted by Gasteiger charge is -2.24. The van der Waals surface area contributed by atoms with Gasteiger partial charge in [-0.3, -0.25) is 14.5 Å². The number of carbonyl (C=O) groups excluding carboxylic acids is 3. The van der Waals surface area contributed by atoms with E-state index in [0.29, 0.717) is 13.0 Å². The van der Waals surface area contributed by atoms with Gasteiger partial charge < -0.3 is 10.6 Å². The highest BCUT2D eigenvalue weighted by Gasteiger charge is 2.49. The second-order valence-electron chi connectivity index (χ2n) is 6.38. The molecule has 0 aliphatic carbocycles. The van der Waals surface area contributed by atoms with E-state index in [9.17, 15) is 14.4 Å². The van der Waals surface area contributed by atoms with Crippen LogP contribution < -0.4 is 10.6 Å². The van der Waals surface area contributed by atoms with Gasteiger partial charge in [0.15, 0.2) is 0 Å². The zero-order valence-electron chi connectivity index (χ0n) is 14.3. The molecular weight excluding hydrogens is 318 g/mol. The van der Waals surface area contributed by atoms with Gasteiger partial charge in [-0.05, 0) is 29.7 Å². The molecule has 0 bridgehead atoms. The third-order valence-electron chi connectivity index (χ3n) is 4.54. The largest absolute Gasteiger partial charge is 0.356 e. The first kappa shape index (κ1) is 17.0. The van der Waals surface area contributed by atoms with Gasteiger partial charge in [0.05, 0.1) is 0 Å². The van der Waals surface area contributed by atoms with Gasteiger partial charge in [0, 0.05) is 20.0 Å². The fraction of sp³-hybridized carbons (Fsp3) is 0.316. The highest BCUT2D eigenvalue weighted by atomic mass is 16.2. The van der Waals surface area contributed by atoms with Crippen molar-refractivity contribution < 1.29 is 14.4 Å². The first-order chi connectivity index (χ1) is 11.9. The molecule has 1 fully saturated rings. The lowest BCUT2D eigenvalue weighted by atomic mass is 9.88. The molecule has 1 heterocycles. The number of fused-ring (bicyclic) bond motifs is 1. The molecule has 0 saturated carbocycles. The summed E-state index contributed by atoms with van der Waals surface area (Å²) < 4.78 is 0. The van der Waals surface area contributed by atoms with Crippen LogP contribution in [0.3, 0.4) is 0 Å². The summed E-state index contributed by atoms with van der Waals surface area (Å²) in [5.74, 6) is -0.394. The SMILES string of the molecule is CC(=O)NCCCN1C(=O)N[C@@](C)(c2cccc3ccccc23)C1=O. The summed E-state index contributed by atoms with van der Waals surface area (Å²) in [5.41, 5.74) is -0.306. The maximum absolute atomic E-state index is 13.0. The Labute approximate surface area is 146 Å². The van der Waals surface area contributed by atoms with E-state index < -0.39 is 11.6 Å². The maximum atomic E-state index is 13.0. The first-order valence-electron chi connectivity index (χ1n) is 8.30. The van der Waals surface area contributed by atoms with Crippen molar-refractivity contribution in [3.05, 3.63) is 48.0 Å². The fourth-order valence-electron chi connectivity index (χ4n) is 3.25. The van der Waals surface area contributed by atoms with Crippen molar-refractivity contribution in [3.8, 4) is 0 Å². The molecule has 0 unspecified atom stereocenters. The van der Waals surface area contributed by atoms with Crippen molar-refractivity contribution in [2.24, 2.45) is 0 Å². The molecule has 2 aromatic carbocycles. The van der Waals surface area contributed by atoms with Crippen molar-refractivity contribution in [3.63, 3.8) is 0 Å². The standard InChI is InChI=1S/C19H21N3O3/c1-13(23)20-11-6-12-22-17(24)19(2,21-18(22)25)16-10-5-8-14-7-3-4-9-15(14)16/h3-5,7-10H,6,11-12H2,1-2H3,(H,20,23)(H,21,25)/t19-/m0/s1. The number of imide groups is 1. The van der Waals surface area contributed by atoms with Gasteiger partial charge in [0.25, 0.3) is 5.91 Å². The Balaban J connectivity index is 1.85. The molecule has 2 aromatic rings. The van der Waals surface area contributed by atoms with Crippen LogP contribution >= 0.6 is 0 Å². The molecule has 1 atom stereocenters. The number of benzene rings is 2. The molecule has 3 rings (SSSR count). The highest BCUT2D eigenvalue weighted by molar-refractivity contribution is 6.09. The van der Waals surface area contributed by atoms with E-state index >= 15 is 0 Å². The van der Waals surface area contributed by atoms with Gasteiger partial charge >= 0.3 is 6.03 Å². The third-order valence-corrected chi connectivity index (χ3v) is 4.54. The second-order valence-corrected chi connectivity index (χ2v) is 6.38. The Kier molecular flexibility index (Phi) is 4.44. The average molecular weight is 339 g/mol. The van der Waals surface area contributed by atoms with Gasteiger partial charge in [-0.15, -0.1) is 0 Å². The molecule has 0 spiro atoms. The average Bonchev–Trinajstić information content (AvgIpc) is 2.81. The summed E-state index contributed by atoms with van der Waals surface area (Å²) in [6, 6.07) is 13.1. The van der Waals surface area contributed by atoms with Crippen molar-refractivity contribution in [2.45, 2.75) is 25.8 Å². The normalized spacial score (nSPS) is 20.0. The lowest BCUT2D eigenvalue weighted by molar-refractivity contribution is -0.131. The topological polar surface area (TPSA) is 78.5 Å². The summed E-state index contributed by atoms with van der Waals surface area (Å²) in [6.45, 7) is 3.87. The van der Waals surface area contributed by atoms with Crippen LogP contribution in [0, 0.1) is 0 Å². The van der Waals surface area contributed by atoms with Gasteiger partial charge in [0.1, 0.15) is 5.54 Å². The minimum Gasteiger partial charge on any atom is -0.356 e. The van der Waals surface area contributed by atoms with Crippen molar-refractivity contribution in [2.75, 3.05) is 13.1 Å². The van der Waals surface area contributed by atoms with Crippen LogP contribution in [0.25, 0.3) is 10.8 Å². The van der Waals surface area contributed by atoms with E-state index in [0.717, 1.165) is 16.3 Å². The van der Waals surface area contributed by atoms with Crippen LogP contribution in [0.5, 0.6) is 0 Å². The van der Waals surface area contributed by atoms with Crippen LogP contribution in [0.1, 0.15) is 25.8 Å². The van der Waals surface area contributed by atoms with Gasteiger partial charge in [-0.25, -0.2) is 4.79 Å². The summed E-state index contributed by atoms with van der Waals surface area (Å²) >= 11 is 0. The van der Waals surface area contributed by atoms with Crippen LogP contribution in [-0.4, -0.2) is 35.8 Å². The molecule has 4 amide bonds. The summed E-state index contributed by atoms with van der Waals surface area (Å²) in [6.07, 6.45) is 0.518. The smallest absolute Gasteiger partial charge is 0.325 e. The zero-order valence-corrected chi connectivity index (χ0v) is 14.3. The molecule has 1 aliphatic rings. The molecule has 1 aliphatic heterocycles. The molecule has 1 saturated heterocycles. The molecule has 6 heteroatoms. The van der Waals surface area contributed by atoms with E-state index in [1.807, 2.05) is 42.5 Å². The number of hydrogen-bond acceptors (Lipinski definition) is 3. The predicted octanol–water partition coefficient (Wildman–Crippen LogP) is 2.13. The Bertz CT molecular complexity index is 843. The highest BCUT2D eigenvalue weighted by Crippen LogP contribution is 2.33. The van der Waals surface area contributed by atoms with Gasteiger partial charge in [-0.1, -0.05) is 42.5 Å². The Morgan fingerprint density at radius 3 is 2.64 bits per heavy atom. The predicted molar refractivity (Wildman–Crippen MR) is 94.8 cm³/mol. The van der Waals surface area contributed by atoms with Crippen LogP contribution in [-0.2, 0) is 15.1 Å². The quantitative estimate of drug-likeness (QED) is 0.647. The van der Waals surface area contributed by atoms with Crippen molar-refractivity contribution in [1.82, 2.24) is 15.5 Å². The summed E-state index contributed by atoms with van der Waals surface area (Å²) in [5, 5.41) is 7.47. The van der Waals surface area contributed by atoms with Crippen molar-refractivity contribution in [1.29, 1.82) is 0 Å². The van der Waals surface area contributed by atoms with Crippen LogP contribution in [0.2, 0.25) is 0 Å². The van der Waals surface area contributed by atoms with Crippen LogP contribution in [0.15, 0.2) is 42.5 Å². The van der Waals surface area contributed by atoms with E-state index in [2.05, 4.69) is 10.6 Å². The number of hydrogen-bond donors (Lipinski definition) is 2. The maximum Gasteiger partial charge on any atom is 0.325 e. The van der Waals surface area contributed by atoms with E-state index in [1.54, 1.807) is 6.92 Å². The summed E-state index contributed by atoms with van der Waals surface area (Å²) in [7, 11) is 0. The number of urea groups is 1. The monoisotopic (exact) mass is 339 g/mol. The van der Waals surface area contributed by atoms with E-state index in [4.69, 9.17) is 0 Å². The molecular formula is C19H21N3O3. The van der Waals surface area contributed by atoms with Gasteiger partial charge in [-0.2, -0.15) is 0 Å². The zero-order chi connectivity index (χ0) is 18.0. The minimum absolute atomic E-state index is 0.127.